The van der Waals surface area contributed by atoms with Crippen LogP contribution in [0.2, 0.25) is 0 Å². The zero-order chi connectivity index (χ0) is 13.2. The summed E-state index contributed by atoms with van der Waals surface area (Å²) in [5.41, 5.74) is 1.78. The van der Waals surface area contributed by atoms with Crippen molar-refractivity contribution in [3.05, 3.63) is 41.1 Å². The van der Waals surface area contributed by atoms with E-state index in [1.165, 1.54) is 0 Å². The predicted molar refractivity (Wildman–Crippen MR) is 67.1 cm³/mol. The Kier molecular flexibility index (Phi) is 3.03. The number of fused-ring (bicyclic) bond motifs is 1. The number of aromatic nitrogens is 2. The number of Topliss-reactive ketones (excluding diaryl/α,β-unsaturated/α-hetero) is 1. The second-order valence-electron chi connectivity index (χ2n) is 4.56. The number of ether oxygens (including phenoxy) is 1. The molecule has 0 radical (unpaired) electrons. The molecule has 0 fully saturated rings. The lowest BCUT2D eigenvalue weighted by atomic mass is 9.90. The molecule has 1 aromatic heterocycles. The lowest BCUT2D eigenvalue weighted by molar-refractivity contribution is 0.0971. The van der Waals surface area contributed by atoms with Gasteiger partial charge >= 0.3 is 0 Å². The predicted octanol–water partition coefficient (Wildman–Crippen LogP) is 2.48. The van der Waals surface area contributed by atoms with Crippen LogP contribution in [0.5, 0.6) is 5.75 Å². The molecule has 1 aliphatic rings. The summed E-state index contributed by atoms with van der Waals surface area (Å²) in [5, 5.41) is 7.63. The lowest BCUT2D eigenvalue weighted by Crippen LogP contribution is -2.12. The van der Waals surface area contributed by atoms with Crippen molar-refractivity contribution in [1.29, 1.82) is 0 Å². The summed E-state index contributed by atoms with van der Waals surface area (Å²) in [5.74, 6) is 1.89. The van der Waals surface area contributed by atoms with Gasteiger partial charge < -0.3 is 9.15 Å². The van der Waals surface area contributed by atoms with Gasteiger partial charge in [-0.05, 0) is 18.9 Å². The normalized spacial score (nSPS) is 14.3. The first-order valence-electron chi connectivity index (χ1n) is 6.31. The molecule has 0 unspecified atom stereocenters. The fraction of sp³-hybridized carbons (Fsp3) is 0.357. The molecule has 0 aliphatic heterocycles. The third-order valence-corrected chi connectivity index (χ3v) is 3.18. The molecule has 0 N–H and O–H groups in total. The van der Waals surface area contributed by atoms with E-state index in [9.17, 15) is 4.79 Å². The van der Waals surface area contributed by atoms with Crippen LogP contribution in [0.4, 0.5) is 0 Å². The molecule has 3 rings (SSSR count). The molecule has 19 heavy (non-hydrogen) atoms. The van der Waals surface area contributed by atoms with Crippen LogP contribution in [-0.4, -0.2) is 16.0 Å². The number of hydrogen-bond acceptors (Lipinski definition) is 5. The minimum atomic E-state index is 0.195. The molecule has 0 spiro atoms. The van der Waals surface area contributed by atoms with Crippen molar-refractivity contribution in [2.24, 2.45) is 0 Å². The molecule has 1 aliphatic carbocycles. The molecule has 0 amide bonds. The summed E-state index contributed by atoms with van der Waals surface area (Å²) in [6.45, 7) is 1.96. The van der Waals surface area contributed by atoms with Crippen molar-refractivity contribution in [2.75, 3.05) is 0 Å². The summed E-state index contributed by atoms with van der Waals surface area (Å²) < 4.78 is 11.0. The summed E-state index contributed by atoms with van der Waals surface area (Å²) in [6, 6.07) is 5.58. The van der Waals surface area contributed by atoms with E-state index in [0.29, 0.717) is 18.2 Å². The zero-order valence-corrected chi connectivity index (χ0v) is 10.7. The van der Waals surface area contributed by atoms with E-state index in [1.54, 1.807) is 6.92 Å². The first kappa shape index (κ1) is 11.9. The third-order valence-electron chi connectivity index (χ3n) is 3.18. The standard InChI is InChI=1S/C14H14N2O3/c1-9-15-16-14(19-9)8-18-13-7-3-4-10-11(13)5-2-6-12(10)17/h3-4,7H,2,5-6,8H2,1H3. The van der Waals surface area contributed by atoms with E-state index in [2.05, 4.69) is 10.2 Å². The minimum absolute atomic E-state index is 0.195. The van der Waals surface area contributed by atoms with Crippen molar-refractivity contribution in [3.8, 4) is 5.75 Å². The number of carbonyl (C=O) groups excluding carboxylic acids is 1. The summed E-state index contributed by atoms with van der Waals surface area (Å²) >= 11 is 0. The number of aryl methyl sites for hydroxylation is 1. The van der Waals surface area contributed by atoms with Gasteiger partial charge in [-0.15, -0.1) is 10.2 Å². The first-order chi connectivity index (χ1) is 9.24. The van der Waals surface area contributed by atoms with Crippen molar-refractivity contribution in [3.63, 3.8) is 0 Å². The Balaban J connectivity index is 1.81. The smallest absolute Gasteiger partial charge is 0.253 e. The van der Waals surface area contributed by atoms with Gasteiger partial charge in [-0.2, -0.15) is 0 Å². The number of ketones is 1. The number of benzene rings is 1. The summed E-state index contributed by atoms with van der Waals surface area (Å²) in [4.78, 5) is 11.8. The third kappa shape index (κ3) is 2.36. The zero-order valence-electron chi connectivity index (χ0n) is 10.7. The van der Waals surface area contributed by atoms with Gasteiger partial charge in [0, 0.05) is 24.5 Å². The van der Waals surface area contributed by atoms with Crippen molar-refractivity contribution < 1.29 is 13.9 Å². The molecule has 1 aromatic carbocycles. The van der Waals surface area contributed by atoms with E-state index < -0.39 is 0 Å². The first-order valence-corrected chi connectivity index (χ1v) is 6.31. The Morgan fingerprint density at radius 1 is 1.32 bits per heavy atom. The average Bonchev–Trinajstić information content (AvgIpc) is 2.83. The minimum Gasteiger partial charge on any atom is -0.483 e. The fourth-order valence-electron chi connectivity index (χ4n) is 2.32. The van der Waals surface area contributed by atoms with Crippen LogP contribution < -0.4 is 4.74 Å². The van der Waals surface area contributed by atoms with Crippen LogP contribution in [0.15, 0.2) is 22.6 Å². The van der Waals surface area contributed by atoms with Crippen LogP contribution in [0.3, 0.4) is 0 Å². The van der Waals surface area contributed by atoms with Gasteiger partial charge in [0.25, 0.3) is 5.89 Å². The molecular weight excluding hydrogens is 244 g/mol. The summed E-state index contributed by atoms with van der Waals surface area (Å²) in [7, 11) is 0. The van der Waals surface area contributed by atoms with Gasteiger partial charge in [-0.1, -0.05) is 12.1 Å². The molecule has 0 saturated carbocycles. The van der Waals surface area contributed by atoms with Gasteiger partial charge in [0.15, 0.2) is 12.4 Å². The van der Waals surface area contributed by atoms with Crippen molar-refractivity contribution in [2.45, 2.75) is 32.8 Å². The highest BCUT2D eigenvalue weighted by atomic mass is 16.5. The van der Waals surface area contributed by atoms with Crippen LogP contribution >= 0.6 is 0 Å². The average molecular weight is 258 g/mol. The molecule has 98 valence electrons. The maximum atomic E-state index is 11.8. The number of hydrogen-bond donors (Lipinski definition) is 0. The van der Waals surface area contributed by atoms with Gasteiger partial charge in [0.05, 0.1) is 0 Å². The molecule has 5 nitrogen and oxygen atoms in total. The van der Waals surface area contributed by atoms with Crippen molar-refractivity contribution >= 4 is 5.78 Å². The van der Waals surface area contributed by atoms with Crippen LogP contribution in [0.1, 0.15) is 40.5 Å². The van der Waals surface area contributed by atoms with Gasteiger partial charge in [-0.3, -0.25) is 4.79 Å². The Morgan fingerprint density at radius 2 is 2.21 bits per heavy atom. The largest absolute Gasteiger partial charge is 0.483 e. The van der Waals surface area contributed by atoms with Gasteiger partial charge in [0.1, 0.15) is 5.75 Å². The highest BCUT2D eigenvalue weighted by molar-refractivity contribution is 5.99. The van der Waals surface area contributed by atoms with Crippen LogP contribution in [-0.2, 0) is 13.0 Å². The molecule has 0 atom stereocenters. The topological polar surface area (TPSA) is 65.2 Å². The number of rotatable bonds is 3. The molecule has 1 heterocycles. The lowest BCUT2D eigenvalue weighted by Gasteiger charge is -2.17. The van der Waals surface area contributed by atoms with E-state index in [1.807, 2.05) is 18.2 Å². The quantitative estimate of drug-likeness (QED) is 0.846. The number of nitrogens with zero attached hydrogens (tertiary/aromatic N) is 2. The summed E-state index contributed by atoms with van der Waals surface area (Å²) in [6.07, 6.45) is 2.38. The Bertz CT molecular complexity index is 619. The highest BCUT2D eigenvalue weighted by Crippen LogP contribution is 2.29. The SMILES string of the molecule is Cc1nnc(COc2cccc3c2CCCC3=O)o1. The van der Waals surface area contributed by atoms with Crippen molar-refractivity contribution in [1.82, 2.24) is 10.2 Å². The Labute approximate surface area is 110 Å². The maximum Gasteiger partial charge on any atom is 0.253 e. The number of carbonyl (C=O) groups is 1. The van der Waals surface area contributed by atoms with Crippen LogP contribution in [0.25, 0.3) is 0 Å². The molecule has 5 heteroatoms. The van der Waals surface area contributed by atoms with E-state index in [-0.39, 0.29) is 12.4 Å². The van der Waals surface area contributed by atoms with Gasteiger partial charge in [-0.25, -0.2) is 0 Å². The fourth-order valence-corrected chi connectivity index (χ4v) is 2.32. The maximum absolute atomic E-state index is 11.8. The van der Waals surface area contributed by atoms with E-state index in [0.717, 1.165) is 29.7 Å². The second-order valence-corrected chi connectivity index (χ2v) is 4.56. The molecule has 0 saturated heterocycles. The second kappa shape index (κ2) is 4.84. The Hall–Kier alpha value is -2.17. The monoisotopic (exact) mass is 258 g/mol. The highest BCUT2D eigenvalue weighted by Gasteiger charge is 2.20. The van der Waals surface area contributed by atoms with E-state index in [4.69, 9.17) is 9.15 Å². The van der Waals surface area contributed by atoms with Crippen LogP contribution in [0, 0.1) is 6.92 Å². The Morgan fingerprint density at radius 3 is 3.00 bits per heavy atom. The molecular formula is C14H14N2O3. The molecule has 0 bridgehead atoms. The van der Waals surface area contributed by atoms with Gasteiger partial charge in [0.2, 0.25) is 5.89 Å². The van der Waals surface area contributed by atoms with E-state index >= 15 is 0 Å². The molecule has 2 aromatic rings.